The van der Waals surface area contributed by atoms with Crippen LogP contribution in [0.1, 0.15) is 37.9 Å². The van der Waals surface area contributed by atoms with Crippen LogP contribution in [0.25, 0.3) is 0 Å². The number of aryl methyl sites for hydroxylation is 1. The number of aromatic nitrogens is 4. The Morgan fingerprint density at radius 2 is 2.50 bits per heavy atom. The van der Waals surface area contributed by atoms with Crippen LogP contribution in [0, 0.1) is 0 Å². The molecule has 1 aromatic heterocycles. The summed E-state index contributed by atoms with van der Waals surface area (Å²) in [5.74, 6) is 1.56. The van der Waals surface area contributed by atoms with Crippen LogP contribution in [0.2, 0.25) is 0 Å². The summed E-state index contributed by atoms with van der Waals surface area (Å²) < 4.78 is 1.94. The molecule has 2 heterocycles. The first-order valence-electron chi connectivity index (χ1n) is 5.38. The summed E-state index contributed by atoms with van der Waals surface area (Å²) in [6, 6.07) is 0. The lowest BCUT2D eigenvalue weighted by Crippen LogP contribution is -2.30. The summed E-state index contributed by atoms with van der Waals surface area (Å²) in [4.78, 5) is 0. The van der Waals surface area contributed by atoms with E-state index < -0.39 is 0 Å². The molecule has 5 heteroatoms. The van der Waals surface area contributed by atoms with Crippen LogP contribution in [0.15, 0.2) is 0 Å². The SMILES string of the molecule is CCCn1nnnc1C1CCCNC1. The number of rotatable bonds is 3. The standard InChI is InChI=1S/C9H17N5/c1-2-6-14-9(11-12-13-14)8-4-3-5-10-7-8/h8,10H,2-7H2,1H3. The molecule has 0 bridgehead atoms. The lowest BCUT2D eigenvalue weighted by Gasteiger charge is -2.21. The van der Waals surface area contributed by atoms with E-state index >= 15 is 0 Å². The van der Waals surface area contributed by atoms with E-state index in [0.717, 1.165) is 31.9 Å². The first-order valence-corrected chi connectivity index (χ1v) is 5.38. The zero-order valence-electron chi connectivity index (χ0n) is 8.61. The van der Waals surface area contributed by atoms with Crippen molar-refractivity contribution in [3.8, 4) is 0 Å². The van der Waals surface area contributed by atoms with E-state index in [1.54, 1.807) is 0 Å². The monoisotopic (exact) mass is 195 g/mol. The Hall–Kier alpha value is -0.970. The van der Waals surface area contributed by atoms with Crippen molar-refractivity contribution >= 4 is 0 Å². The Kier molecular flexibility index (Phi) is 3.08. The number of hydrogen-bond donors (Lipinski definition) is 1. The first-order chi connectivity index (χ1) is 6.92. The van der Waals surface area contributed by atoms with Gasteiger partial charge in [-0.25, -0.2) is 4.68 Å². The molecule has 5 nitrogen and oxygen atoms in total. The van der Waals surface area contributed by atoms with Crippen LogP contribution in [0.5, 0.6) is 0 Å². The summed E-state index contributed by atoms with van der Waals surface area (Å²) in [6.07, 6.45) is 3.51. The molecule has 1 aliphatic rings. The predicted octanol–water partition coefficient (Wildman–Crippen LogP) is 0.550. The van der Waals surface area contributed by atoms with E-state index in [1.807, 2.05) is 4.68 Å². The predicted molar refractivity (Wildman–Crippen MR) is 53.0 cm³/mol. The Morgan fingerprint density at radius 3 is 3.21 bits per heavy atom. The highest BCUT2D eigenvalue weighted by atomic mass is 15.5. The van der Waals surface area contributed by atoms with E-state index in [0.29, 0.717) is 5.92 Å². The molecule has 0 amide bonds. The van der Waals surface area contributed by atoms with Gasteiger partial charge < -0.3 is 5.32 Å². The number of nitrogens with one attached hydrogen (secondary N) is 1. The van der Waals surface area contributed by atoms with Crippen LogP contribution in [-0.2, 0) is 6.54 Å². The highest BCUT2D eigenvalue weighted by molar-refractivity contribution is 4.96. The number of tetrazole rings is 1. The summed E-state index contributed by atoms with van der Waals surface area (Å²) in [7, 11) is 0. The largest absolute Gasteiger partial charge is 0.316 e. The minimum atomic E-state index is 0.505. The molecule has 1 fully saturated rings. The highest BCUT2D eigenvalue weighted by Gasteiger charge is 2.20. The quantitative estimate of drug-likeness (QED) is 0.765. The Balaban J connectivity index is 2.09. The Bertz CT molecular complexity index is 276. The molecule has 0 radical (unpaired) electrons. The van der Waals surface area contributed by atoms with Gasteiger partial charge in [0.25, 0.3) is 0 Å². The molecule has 1 atom stereocenters. The molecule has 14 heavy (non-hydrogen) atoms. The van der Waals surface area contributed by atoms with E-state index in [1.165, 1.54) is 12.8 Å². The van der Waals surface area contributed by atoms with E-state index in [-0.39, 0.29) is 0 Å². The van der Waals surface area contributed by atoms with Gasteiger partial charge in [0.05, 0.1) is 0 Å². The molecule has 1 saturated heterocycles. The van der Waals surface area contributed by atoms with E-state index in [9.17, 15) is 0 Å². The number of hydrogen-bond acceptors (Lipinski definition) is 4. The highest BCUT2D eigenvalue weighted by Crippen LogP contribution is 2.20. The Labute approximate surface area is 83.9 Å². The van der Waals surface area contributed by atoms with Crippen molar-refractivity contribution in [1.29, 1.82) is 0 Å². The molecule has 1 N–H and O–H groups in total. The van der Waals surface area contributed by atoms with Crippen molar-refractivity contribution in [2.24, 2.45) is 0 Å². The molecule has 1 aliphatic heterocycles. The minimum Gasteiger partial charge on any atom is -0.316 e. The molecule has 2 rings (SSSR count). The second kappa shape index (κ2) is 4.50. The van der Waals surface area contributed by atoms with Crippen LogP contribution in [-0.4, -0.2) is 33.3 Å². The van der Waals surface area contributed by atoms with Gasteiger partial charge in [-0.1, -0.05) is 6.92 Å². The van der Waals surface area contributed by atoms with Gasteiger partial charge in [0, 0.05) is 19.0 Å². The maximum Gasteiger partial charge on any atom is 0.155 e. The van der Waals surface area contributed by atoms with Crippen molar-refractivity contribution in [1.82, 2.24) is 25.5 Å². The zero-order chi connectivity index (χ0) is 9.80. The summed E-state index contributed by atoms with van der Waals surface area (Å²) in [5, 5.41) is 15.3. The second-order valence-electron chi connectivity index (χ2n) is 3.80. The van der Waals surface area contributed by atoms with Crippen molar-refractivity contribution in [3.05, 3.63) is 5.82 Å². The van der Waals surface area contributed by atoms with E-state index in [2.05, 4.69) is 27.8 Å². The summed E-state index contributed by atoms with van der Waals surface area (Å²) >= 11 is 0. The molecule has 0 aromatic carbocycles. The van der Waals surface area contributed by atoms with Crippen molar-refractivity contribution in [2.75, 3.05) is 13.1 Å². The molecule has 1 unspecified atom stereocenters. The van der Waals surface area contributed by atoms with Gasteiger partial charge in [-0.3, -0.25) is 0 Å². The topological polar surface area (TPSA) is 55.6 Å². The van der Waals surface area contributed by atoms with Gasteiger partial charge >= 0.3 is 0 Å². The van der Waals surface area contributed by atoms with Crippen LogP contribution in [0.3, 0.4) is 0 Å². The average Bonchev–Trinajstić information content (AvgIpc) is 2.68. The molecule has 0 saturated carbocycles. The average molecular weight is 195 g/mol. The third-order valence-corrected chi connectivity index (χ3v) is 2.66. The fourth-order valence-electron chi connectivity index (χ4n) is 1.95. The number of nitrogens with zero attached hydrogens (tertiary/aromatic N) is 4. The minimum absolute atomic E-state index is 0.505. The van der Waals surface area contributed by atoms with Crippen LogP contribution >= 0.6 is 0 Å². The lowest BCUT2D eigenvalue weighted by atomic mass is 9.99. The maximum absolute atomic E-state index is 4.12. The molecule has 1 aromatic rings. The van der Waals surface area contributed by atoms with Gasteiger partial charge in [-0.15, -0.1) is 5.10 Å². The third kappa shape index (κ3) is 1.92. The van der Waals surface area contributed by atoms with E-state index in [4.69, 9.17) is 0 Å². The van der Waals surface area contributed by atoms with Gasteiger partial charge in [-0.2, -0.15) is 0 Å². The van der Waals surface area contributed by atoms with Crippen LogP contribution in [0.4, 0.5) is 0 Å². The molecule has 78 valence electrons. The molecular formula is C9H17N5. The van der Waals surface area contributed by atoms with Crippen molar-refractivity contribution < 1.29 is 0 Å². The summed E-state index contributed by atoms with van der Waals surface area (Å²) in [6.45, 7) is 5.22. The van der Waals surface area contributed by atoms with Gasteiger partial charge in [0.15, 0.2) is 5.82 Å². The van der Waals surface area contributed by atoms with Crippen molar-refractivity contribution in [3.63, 3.8) is 0 Å². The smallest absolute Gasteiger partial charge is 0.155 e. The molecule has 0 spiro atoms. The first kappa shape index (κ1) is 9.58. The fraction of sp³-hybridized carbons (Fsp3) is 0.889. The maximum atomic E-state index is 4.12. The van der Waals surface area contributed by atoms with Crippen LogP contribution < -0.4 is 5.32 Å². The second-order valence-corrected chi connectivity index (χ2v) is 3.80. The third-order valence-electron chi connectivity index (χ3n) is 2.66. The molecular weight excluding hydrogens is 178 g/mol. The summed E-state index contributed by atoms with van der Waals surface area (Å²) in [5.41, 5.74) is 0. The fourth-order valence-corrected chi connectivity index (χ4v) is 1.95. The zero-order valence-corrected chi connectivity index (χ0v) is 8.61. The van der Waals surface area contributed by atoms with Gasteiger partial charge in [-0.05, 0) is 36.2 Å². The number of piperidine rings is 1. The molecule has 0 aliphatic carbocycles. The Morgan fingerprint density at radius 1 is 1.57 bits per heavy atom. The normalized spacial score (nSPS) is 22.5. The lowest BCUT2D eigenvalue weighted by molar-refractivity contribution is 0.422. The van der Waals surface area contributed by atoms with Crippen molar-refractivity contribution in [2.45, 2.75) is 38.6 Å². The van der Waals surface area contributed by atoms with Gasteiger partial charge in [0.1, 0.15) is 0 Å². The van der Waals surface area contributed by atoms with Gasteiger partial charge in [0.2, 0.25) is 0 Å².